The lowest BCUT2D eigenvalue weighted by Gasteiger charge is -2.28. The highest BCUT2D eigenvalue weighted by atomic mass is 16.6. The van der Waals surface area contributed by atoms with E-state index in [1.54, 1.807) is 0 Å². The zero-order chi connectivity index (χ0) is 15.3. The summed E-state index contributed by atoms with van der Waals surface area (Å²) in [5.41, 5.74) is 1.78. The highest BCUT2D eigenvalue weighted by Gasteiger charge is 2.15. The number of amides is 1. The van der Waals surface area contributed by atoms with Crippen LogP contribution in [-0.2, 0) is 16.0 Å². The second-order valence-electron chi connectivity index (χ2n) is 6.12. The molecule has 1 fully saturated rings. The topological polar surface area (TPSA) is 50.8 Å². The first-order chi connectivity index (χ1) is 9.94. The molecule has 0 atom stereocenters. The first-order valence-electron chi connectivity index (χ1n) is 7.32. The minimum Gasteiger partial charge on any atom is -0.444 e. The monoisotopic (exact) mass is 292 g/mol. The average molecular weight is 292 g/mol. The molecule has 116 valence electrons. The summed E-state index contributed by atoms with van der Waals surface area (Å²) in [5, 5.41) is 2.76. The number of nitrogens with one attached hydrogen (secondary N) is 1. The van der Waals surface area contributed by atoms with Gasteiger partial charge in [-0.3, -0.25) is 0 Å². The number of carbonyl (C=O) groups is 1. The summed E-state index contributed by atoms with van der Waals surface area (Å²) < 4.78 is 10.6. The van der Waals surface area contributed by atoms with Crippen molar-refractivity contribution in [2.24, 2.45) is 0 Å². The molecule has 1 N–H and O–H groups in total. The van der Waals surface area contributed by atoms with Crippen LogP contribution in [0.4, 0.5) is 10.5 Å². The molecule has 1 aromatic rings. The highest BCUT2D eigenvalue weighted by molar-refractivity contribution is 5.67. The van der Waals surface area contributed by atoms with E-state index in [2.05, 4.69) is 22.3 Å². The van der Waals surface area contributed by atoms with Crippen molar-refractivity contribution in [3.8, 4) is 0 Å². The zero-order valence-electron chi connectivity index (χ0n) is 13.0. The summed E-state index contributed by atoms with van der Waals surface area (Å²) >= 11 is 0. The molecule has 0 aliphatic carbocycles. The normalized spacial score (nSPS) is 15.7. The van der Waals surface area contributed by atoms with Gasteiger partial charge < -0.3 is 19.7 Å². The molecule has 1 aromatic carbocycles. The molecule has 2 rings (SSSR count). The highest BCUT2D eigenvalue weighted by Crippen LogP contribution is 2.16. The molecule has 1 amide bonds. The second-order valence-corrected chi connectivity index (χ2v) is 6.12. The average Bonchev–Trinajstić information content (AvgIpc) is 2.45. The first-order valence-corrected chi connectivity index (χ1v) is 7.32. The van der Waals surface area contributed by atoms with Gasteiger partial charge in [-0.2, -0.15) is 0 Å². The van der Waals surface area contributed by atoms with Gasteiger partial charge in [-0.1, -0.05) is 12.1 Å². The maximum Gasteiger partial charge on any atom is 0.407 e. The van der Waals surface area contributed by atoms with Crippen LogP contribution in [0, 0.1) is 0 Å². The van der Waals surface area contributed by atoms with Gasteiger partial charge in [0.1, 0.15) is 5.60 Å². The Morgan fingerprint density at radius 1 is 1.24 bits per heavy atom. The number of ether oxygens (including phenoxy) is 2. The van der Waals surface area contributed by atoms with E-state index in [1.807, 2.05) is 32.9 Å². The van der Waals surface area contributed by atoms with Gasteiger partial charge >= 0.3 is 6.09 Å². The van der Waals surface area contributed by atoms with E-state index < -0.39 is 5.60 Å². The summed E-state index contributed by atoms with van der Waals surface area (Å²) in [4.78, 5) is 13.9. The van der Waals surface area contributed by atoms with Crippen molar-refractivity contribution in [1.29, 1.82) is 0 Å². The molecule has 21 heavy (non-hydrogen) atoms. The van der Waals surface area contributed by atoms with Crippen LogP contribution in [0.15, 0.2) is 24.3 Å². The third kappa shape index (κ3) is 5.27. The van der Waals surface area contributed by atoms with Crippen molar-refractivity contribution >= 4 is 11.8 Å². The largest absolute Gasteiger partial charge is 0.444 e. The van der Waals surface area contributed by atoms with Crippen LogP contribution < -0.4 is 10.2 Å². The van der Waals surface area contributed by atoms with Crippen molar-refractivity contribution in [3.05, 3.63) is 29.8 Å². The molecule has 5 nitrogen and oxygen atoms in total. The molecule has 0 saturated carbocycles. The Morgan fingerprint density at radius 2 is 1.86 bits per heavy atom. The lowest BCUT2D eigenvalue weighted by atomic mass is 10.2. The van der Waals surface area contributed by atoms with Crippen molar-refractivity contribution in [2.45, 2.75) is 32.9 Å². The van der Waals surface area contributed by atoms with E-state index in [1.165, 1.54) is 5.69 Å². The Kier molecular flexibility index (Phi) is 5.07. The molecule has 1 saturated heterocycles. The van der Waals surface area contributed by atoms with Gasteiger partial charge in [0.15, 0.2) is 0 Å². The van der Waals surface area contributed by atoms with Gasteiger partial charge in [0.2, 0.25) is 0 Å². The lowest BCUT2D eigenvalue weighted by molar-refractivity contribution is 0.0523. The predicted octanol–water partition coefficient (Wildman–Crippen LogP) is 2.55. The number of alkyl carbamates (subject to hydrolysis) is 1. The van der Waals surface area contributed by atoms with E-state index >= 15 is 0 Å². The Balaban J connectivity index is 1.83. The SMILES string of the molecule is CC(C)(C)OC(=O)NCc1ccc(N2CCOCC2)cc1. The quantitative estimate of drug-likeness (QED) is 0.930. The van der Waals surface area contributed by atoms with Crippen molar-refractivity contribution in [3.63, 3.8) is 0 Å². The molecule has 1 heterocycles. The summed E-state index contributed by atoms with van der Waals surface area (Å²) in [5.74, 6) is 0. The number of anilines is 1. The molecule has 0 unspecified atom stereocenters. The van der Waals surface area contributed by atoms with Gasteiger partial charge in [0.05, 0.1) is 13.2 Å². The summed E-state index contributed by atoms with van der Waals surface area (Å²) in [6, 6.07) is 8.22. The number of benzene rings is 1. The molecule has 0 spiro atoms. The fourth-order valence-corrected chi connectivity index (χ4v) is 2.13. The number of hydrogen-bond acceptors (Lipinski definition) is 4. The molecule has 0 aromatic heterocycles. The first kappa shape index (κ1) is 15.6. The predicted molar refractivity (Wildman–Crippen MR) is 82.5 cm³/mol. The number of nitrogens with zero attached hydrogens (tertiary/aromatic N) is 1. The Hall–Kier alpha value is -1.75. The second kappa shape index (κ2) is 6.80. The van der Waals surface area contributed by atoms with Crippen molar-refractivity contribution < 1.29 is 14.3 Å². The summed E-state index contributed by atoms with van der Waals surface area (Å²) in [7, 11) is 0. The van der Waals surface area contributed by atoms with Gasteiger partial charge in [-0.15, -0.1) is 0 Å². The Morgan fingerprint density at radius 3 is 2.43 bits per heavy atom. The number of rotatable bonds is 3. The molecule has 1 aliphatic heterocycles. The van der Waals surface area contributed by atoms with Crippen LogP contribution in [0.25, 0.3) is 0 Å². The van der Waals surface area contributed by atoms with E-state index in [0.29, 0.717) is 6.54 Å². The van der Waals surface area contributed by atoms with Gasteiger partial charge in [0, 0.05) is 25.3 Å². The summed E-state index contributed by atoms with van der Waals surface area (Å²) in [6.07, 6.45) is -0.389. The van der Waals surface area contributed by atoms with Gasteiger partial charge in [0.25, 0.3) is 0 Å². The standard InChI is InChI=1S/C16H24N2O3/c1-16(2,3)21-15(19)17-12-13-4-6-14(7-5-13)18-8-10-20-11-9-18/h4-7H,8-12H2,1-3H3,(H,17,19). The van der Waals surface area contributed by atoms with E-state index in [4.69, 9.17) is 9.47 Å². The zero-order valence-corrected chi connectivity index (χ0v) is 13.0. The maximum absolute atomic E-state index is 11.6. The minimum atomic E-state index is -0.468. The van der Waals surface area contributed by atoms with Crippen LogP contribution in [-0.4, -0.2) is 38.0 Å². The molecule has 5 heteroatoms. The van der Waals surface area contributed by atoms with Crippen molar-refractivity contribution in [1.82, 2.24) is 5.32 Å². The molecule has 0 bridgehead atoms. The number of hydrogen-bond donors (Lipinski definition) is 1. The van der Waals surface area contributed by atoms with E-state index in [9.17, 15) is 4.79 Å². The van der Waals surface area contributed by atoms with Crippen molar-refractivity contribution in [2.75, 3.05) is 31.2 Å². The molecular weight excluding hydrogens is 268 g/mol. The fraction of sp³-hybridized carbons (Fsp3) is 0.562. The molecular formula is C16H24N2O3. The Bertz CT molecular complexity index is 459. The van der Waals surface area contributed by atoms with Gasteiger partial charge in [-0.25, -0.2) is 4.79 Å². The van der Waals surface area contributed by atoms with Crippen LogP contribution in [0.2, 0.25) is 0 Å². The lowest BCUT2D eigenvalue weighted by Crippen LogP contribution is -2.36. The number of morpholine rings is 1. The van der Waals surface area contributed by atoms with Crippen LogP contribution in [0.3, 0.4) is 0 Å². The van der Waals surface area contributed by atoms with Crippen LogP contribution in [0.5, 0.6) is 0 Å². The number of carbonyl (C=O) groups excluding carboxylic acids is 1. The molecule has 0 radical (unpaired) electrons. The van der Waals surface area contributed by atoms with E-state index in [-0.39, 0.29) is 6.09 Å². The smallest absolute Gasteiger partial charge is 0.407 e. The third-order valence-electron chi connectivity index (χ3n) is 3.15. The van der Waals surface area contributed by atoms with Gasteiger partial charge in [-0.05, 0) is 38.5 Å². The third-order valence-corrected chi connectivity index (χ3v) is 3.15. The minimum absolute atomic E-state index is 0.389. The fourth-order valence-electron chi connectivity index (χ4n) is 2.13. The van der Waals surface area contributed by atoms with Crippen LogP contribution >= 0.6 is 0 Å². The molecule has 1 aliphatic rings. The Labute approximate surface area is 126 Å². The summed E-state index contributed by atoms with van der Waals surface area (Å²) in [6.45, 7) is 9.43. The van der Waals surface area contributed by atoms with Crippen LogP contribution in [0.1, 0.15) is 26.3 Å². The maximum atomic E-state index is 11.6. The van der Waals surface area contributed by atoms with E-state index in [0.717, 1.165) is 31.9 Å².